The second kappa shape index (κ2) is 12.6. The van der Waals surface area contributed by atoms with Gasteiger partial charge in [0.05, 0.1) is 19.8 Å². The number of rotatable bonds is 2. The first-order valence-corrected chi connectivity index (χ1v) is 6.62. The van der Waals surface area contributed by atoms with Crippen molar-refractivity contribution in [2.45, 2.75) is 20.5 Å². The third-order valence-corrected chi connectivity index (χ3v) is 2.39. The zero-order valence-electron chi connectivity index (χ0n) is 12.2. The van der Waals surface area contributed by atoms with Crippen molar-refractivity contribution >= 4 is 0 Å². The predicted octanol–water partition coefficient (Wildman–Crippen LogP) is 2.81. The van der Waals surface area contributed by atoms with Gasteiger partial charge in [0.2, 0.25) is 0 Å². The number of methoxy groups -OCH3 is 1. The second-order valence-corrected chi connectivity index (χ2v) is 3.83. The summed E-state index contributed by atoms with van der Waals surface area (Å²) in [5, 5.41) is 0. The van der Waals surface area contributed by atoms with Crippen LogP contribution < -0.4 is 0 Å². The molecule has 1 aromatic carbocycles. The topological polar surface area (TPSA) is 21.7 Å². The van der Waals surface area contributed by atoms with Crippen molar-refractivity contribution in [1.82, 2.24) is 4.90 Å². The Morgan fingerprint density at radius 2 is 1.67 bits per heavy atom. The minimum Gasteiger partial charge on any atom is -0.380 e. The Labute approximate surface area is 112 Å². The van der Waals surface area contributed by atoms with Gasteiger partial charge < -0.3 is 14.4 Å². The van der Waals surface area contributed by atoms with Crippen molar-refractivity contribution in [3.8, 4) is 0 Å². The van der Waals surface area contributed by atoms with Crippen LogP contribution in [-0.4, -0.2) is 45.4 Å². The Bertz CT molecular complexity index is 258. The minimum absolute atomic E-state index is 0.709. The molecule has 1 aliphatic heterocycles. The highest BCUT2D eigenvalue weighted by atomic mass is 16.5. The van der Waals surface area contributed by atoms with Crippen LogP contribution in [-0.2, 0) is 16.1 Å². The fourth-order valence-electron chi connectivity index (χ4n) is 1.40. The average Bonchev–Trinajstić information content (AvgIpc) is 2.44. The van der Waals surface area contributed by atoms with E-state index in [2.05, 4.69) is 11.9 Å². The first kappa shape index (κ1) is 17.1. The molecule has 0 bridgehead atoms. The standard InChI is InChI=1S/C8H10O.C5H11NO.C2H6/c1-9-7-8-5-3-2-4-6-8;1-6-2-4-7-5-3-6;1-2/h2-6H,7H2,1H3;2-5H2,1H3;1-2H3. The van der Waals surface area contributed by atoms with Gasteiger partial charge >= 0.3 is 0 Å². The summed E-state index contributed by atoms with van der Waals surface area (Å²) >= 11 is 0. The van der Waals surface area contributed by atoms with Crippen LogP contribution in [0.3, 0.4) is 0 Å². The van der Waals surface area contributed by atoms with Crippen LogP contribution in [0, 0.1) is 0 Å². The molecule has 0 unspecified atom stereocenters. The molecule has 0 spiro atoms. The Morgan fingerprint density at radius 1 is 1.11 bits per heavy atom. The molecule has 0 amide bonds. The molecule has 1 saturated heterocycles. The van der Waals surface area contributed by atoms with Crippen LogP contribution in [0.4, 0.5) is 0 Å². The van der Waals surface area contributed by atoms with E-state index >= 15 is 0 Å². The largest absolute Gasteiger partial charge is 0.380 e. The van der Waals surface area contributed by atoms with Crippen molar-refractivity contribution in [2.24, 2.45) is 0 Å². The lowest BCUT2D eigenvalue weighted by atomic mass is 10.2. The first-order chi connectivity index (χ1) is 8.83. The Balaban J connectivity index is 0.000000289. The lowest BCUT2D eigenvalue weighted by Gasteiger charge is -2.21. The monoisotopic (exact) mass is 253 g/mol. The Morgan fingerprint density at radius 3 is 2.06 bits per heavy atom. The van der Waals surface area contributed by atoms with Crippen LogP contribution in [0.15, 0.2) is 30.3 Å². The number of benzene rings is 1. The molecular weight excluding hydrogens is 226 g/mol. The van der Waals surface area contributed by atoms with E-state index < -0.39 is 0 Å². The minimum atomic E-state index is 0.709. The first-order valence-electron chi connectivity index (χ1n) is 6.62. The molecule has 18 heavy (non-hydrogen) atoms. The SMILES string of the molecule is CC.CN1CCOCC1.COCc1ccccc1. The van der Waals surface area contributed by atoms with Gasteiger partial charge in [0, 0.05) is 20.2 Å². The normalized spacial score (nSPS) is 14.9. The summed E-state index contributed by atoms with van der Waals surface area (Å²) in [5.74, 6) is 0. The molecule has 1 aliphatic rings. The van der Waals surface area contributed by atoms with E-state index in [4.69, 9.17) is 9.47 Å². The van der Waals surface area contributed by atoms with Crippen LogP contribution >= 0.6 is 0 Å². The molecule has 2 rings (SSSR count). The zero-order chi connectivity index (χ0) is 13.6. The maximum absolute atomic E-state index is 5.10. The fourth-order valence-corrected chi connectivity index (χ4v) is 1.40. The number of hydrogen-bond acceptors (Lipinski definition) is 3. The van der Waals surface area contributed by atoms with Crippen LogP contribution in [0.1, 0.15) is 19.4 Å². The predicted molar refractivity (Wildman–Crippen MR) is 76.8 cm³/mol. The lowest BCUT2D eigenvalue weighted by Crippen LogP contribution is -2.32. The highest BCUT2D eigenvalue weighted by molar-refractivity contribution is 5.13. The molecule has 3 heteroatoms. The summed E-state index contributed by atoms with van der Waals surface area (Å²) < 4.78 is 10.0. The third kappa shape index (κ3) is 9.16. The second-order valence-electron chi connectivity index (χ2n) is 3.83. The van der Waals surface area contributed by atoms with Crippen molar-refractivity contribution < 1.29 is 9.47 Å². The van der Waals surface area contributed by atoms with Crippen molar-refractivity contribution in [3.63, 3.8) is 0 Å². The van der Waals surface area contributed by atoms with E-state index in [1.54, 1.807) is 7.11 Å². The molecule has 1 aromatic rings. The molecule has 0 aromatic heterocycles. The van der Waals surface area contributed by atoms with Gasteiger partial charge in [-0.2, -0.15) is 0 Å². The van der Waals surface area contributed by atoms with Gasteiger partial charge in [0.1, 0.15) is 0 Å². The van der Waals surface area contributed by atoms with Crippen molar-refractivity contribution in [2.75, 3.05) is 40.5 Å². The summed E-state index contributed by atoms with van der Waals surface area (Å²) in [6.07, 6.45) is 0. The number of morpholine rings is 1. The van der Waals surface area contributed by atoms with E-state index in [1.807, 2.05) is 44.2 Å². The number of likely N-dealkylation sites (N-methyl/N-ethyl adjacent to an activating group) is 1. The van der Waals surface area contributed by atoms with Gasteiger partial charge in [-0.05, 0) is 12.6 Å². The lowest BCUT2D eigenvalue weighted by molar-refractivity contribution is 0.0503. The summed E-state index contributed by atoms with van der Waals surface area (Å²) in [4.78, 5) is 2.27. The molecule has 0 N–H and O–H groups in total. The average molecular weight is 253 g/mol. The van der Waals surface area contributed by atoms with Gasteiger partial charge in [-0.3, -0.25) is 0 Å². The zero-order valence-corrected chi connectivity index (χ0v) is 12.2. The number of ether oxygens (including phenoxy) is 2. The van der Waals surface area contributed by atoms with Crippen LogP contribution in [0.2, 0.25) is 0 Å². The maximum atomic E-state index is 5.10. The van der Waals surface area contributed by atoms with E-state index in [-0.39, 0.29) is 0 Å². The molecule has 1 fully saturated rings. The summed E-state index contributed by atoms with van der Waals surface area (Å²) in [6, 6.07) is 10.1. The summed E-state index contributed by atoms with van der Waals surface area (Å²) in [6.45, 7) is 8.73. The Kier molecular flexibility index (Phi) is 11.9. The van der Waals surface area contributed by atoms with Gasteiger partial charge in [-0.25, -0.2) is 0 Å². The maximum Gasteiger partial charge on any atom is 0.0713 e. The van der Waals surface area contributed by atoms with E-state index in [0.717, 1.165) is 26.3 Å². The van der Waals surface area contributed by atoms with Crippen molar-refractivity contribution in [3.05, 3.63) is 35.9 Å². The number of hydrogen-bond donors (Lipinski definition) is 0. The van der Waals surface area contributed by atoms with Crippen LogP contribution in [0.25, 0.3) is 0 Å². The van der Waals surface area contributed by atoms with Gasteiger partial charge in [-0.1, -0.05) is 44.2 Å². The van der Waals surface area contributed by atoms with Crippen LogP contribution in [0.5, 0.6) is 0 Å². The Hall–Kier alpha value is -0.900. The van der Waals surface area contributed by atoms with Gasteiger partial charge in [0.15, 0.2) is 0 Å². The van der Waals surface area contributed by atoms with Gasteiger partial charge in [-0.15, -0.1) is 0 Å². The van der Waals surface area contributed by atoms with E-state index in [0.29, 0.717) is 6.61 Å². The fraction of sp³-hybridized carbons (Fsp3) is 0.600. The molecule has 0 radical (unpaired) electrons. The summed E-state index contributed by atoms with van der Waals surface area (Å²) in [5.41, 5.74) is 1.22. The van der Waals surface area contributed by atoms with Crippen molar-refractivity contribution in [1.29, 1.82) is 0 Å². The molecule has 0 aliphatic carbocycles. The molecular formula is C15H27NO2. The summed E-state index contributed by atoms with van der Waals surface area (Å²) in [7, 11) is 3.82. The molecule has 0 atom stereocenters. The van der Waals surface area contributed by atoms with Gasteiger partial charge in [0.25, 0.3) is 0 Å². The smallest absolute Gasteiger partial charge is 0.0713 e. The molecule has 3 nitrogen and oxygen atoms in total. The molecule has 1 heterocycles. The quantitative estimate of drug-likeness (QED) is 0.809. The molecule has 104 valence electrons. The highest BCUT2D eigenvalue weighted by Gasteiger charge is 2.02. The number of nitrogens with zero attached hydrogens (tertiary/aromatic N) is 1. The third-order valence-electron chi connectivity index (χ3n) is 2.39. The molecule has 0 saturated carbocycles. The highest BCUT2D eigenvalue weighted by Crippen LogP contribution is 1.98. The van der Waals surface area contributed by atoms with E-state index in [1.165, 1.54) is 5.56 Å². The van der Waals surface area contributed by atoms with E-state index in [9.17, 15) is 0 Å².